The molecule has 13 heavy (non-hydrogen) atoms. The standard InChI is InChI=1S/C11H24O2/c1-3-5-10(8-12)7-11(9-13)6-4-2/h10-13H,3-9H2,1-2H3. The first-order chi connectivity index (χ1) is 6.28. The van der Waals surface area contributed by atoms with Crippen LogP contribution in [-0.4, -0.2) is 23.4 Å². The van der Waals surface area contributed by atoms with Crippen molar-refractivity contribution in [3.8, 4) is 0 Å². The van der Waals surface area contributed by atoms with E-state index < -0.39 is 0 Å². The molecule has 0 radical (unpaired) electrons. The highest BCUT2D eigenvalue weighted by atomic mass is 16.3. The zero-order chi connectivity index (χ0) is 10.1. The Hall–Kier alpha value is -0.0800. The molecule has 80 valence electrons. The topological polar surface area (TPSA) is 40.5 Å². The minimum atomic E-state index is 0.272. The zero-order valence-electron chi connectivity index (χ0n) is 9.00. The minimum absolute atomic E-state index is 0.272. The van der Waals surface area contributed by atoms with Gasteiger partial charge in [0, 0.05) is 13.2 Å². The second-order valence-electron chi connectivity index (χ2n) is 3.91. The molecule has 0 saturated heterocycles. The van der Waals surface area contributed by atoms with Crippen LogP contribution >= 0.6 is 0 Å². The lowest BCUT2D eigenvalue weighted by atomic mass is 9.89. The summed E-state index contributed by atoms with van der Waals surface area (Å²) in [4.78, 5) is 0. The van der Waals surface area contributed by atoms with Crippen LogP contribution in [0.4, 0.5) is 0 Å². The summed E-state index contributed by atoms with van der Waals surface area (Å²) in [5.41, 5.74) is 0. The summed E-state index contributed by atoms with van der Waals surface area (Å²) in [6, 6.07) is 0. The van der Waals surface area contributed by atoms with Gasteiger partial charge in [-0.05, 0) is 31.1 Å². The summed E-state index contributed by atoms with van der Waals surface area (Å²) >= 11 is 0. The number of aliphatic hydroxyl groups is 2. The summed E-state index contributed by atoms with van der Waals surface area (Å²) in [7, 11) is 0. The molecule has 0 bridgehead atoms. The monoisotopic (exact) mass is 188 g/mol. The van der Waals surface area contributed by atoms with E-state index in [0.29, 0.717) is 11.8 Å². The molecule has 0 amide bonds. The van der Waals surface area contributed by atoms with Crippen molar-refractivity contribution in [3.05, 3.63) is 0 Å². The first kappa shape index (κ1) is 12.9. The van der Waals surface area contributed by atoms with Crippen molar-refractivity contribution in [3.63, 3.8) is 0 Å². The van der Waals surface area contributed by atoms with E-state index in [1.807, 2.05) is 0 Å². The smallest absolute Gasteiger partial charge is 0.0459 e. The molecule has 0 aliphatic heterocycles. The summed E-state index contributed by atoms with van der Waals surface area (Å²) < 4.78 is 0. The Kier molecular flexibility index (Phi) is 8.46. The number of hydrogen-bond donors (Lipinski definition) is 2. The van der Waals surface area contributed by atoms with Gasteiger partial charge in [0.1, 0.15) is 0 Å². The maximum Gasteiger partial charge on any atom is 0.0459 e. The Labute approximate surface area is 82.0 Å². The summed E-state index contributed by atoms with van der Waals surface area (Å²) in [6.45, 7) is 4.81. The Morgan fingerprint density at radius 3 is 1.46 bits per heavy atom. The van der Waals surface area contributed by atoms with Crippen molar-refractivity contribution < 1.29 is 10.2 Å². The molecular formula is C11H24O2. The van der Waals surface area contributed by atoms with Crippen LogP contribution in [0.5, 0.6) is 0 Å². The van der Waals surface area contributed by atoms with E-state index >= 15 is 0 Å². The molecule has 0 fully saturated rings. The first-order valence-corrected chi connectivity index (χ1v) is 5.50. The van der Waals surface area contributed by atoms with Crippen molar-refractivity contribution >= 4 is 0 Å². The van der Waals surface area contributed by atoms with Crippen LogP contribution < -0.4 is 0 Å². The Morgan fingerprint density at radius 2 is 1.23 bits per heavy atom. The molecule has 0 aromatic heterocycles. The van der Waals surface area contributed by atoms with Crippen LogP contribution in [-0.2, 0) is 0 Å². The SMILES string of the molecule is CCCC(CO)CC(CO)CCC. The molecule has 0 saturated carbocycles. The van der Waals surface area contributed by atoms with Gasteiger partial charge < -0.3 is 10.2 Å². The highest BCUT2D eigenvalue weighted by Crippen LogP contribution is 2.20. The molecule has 2 nitrogen and oxygen atoms in total. The molecule has 0 heterocycles. The van der Waals surface area contributed by atoms with Gasteiger partial charge in [0.15, 0.2) is 0 Å². The van der Waals surface area contributed by atoms with E-state index in [0.717, 1.165) is 32.1 Å². The second-order valence-corrected chi connectivity index (χ2v) is 3.91. The van der Waals surface area contributed by atoms with Gasteiger partial charge >= 0.3 is 0 Å². The predicted molar refractivity (Wildman–Crippen MR) is 55.6 cm³/mol. The normalized spacial score (nSPS) is 15.7. The molecule has 0 aliphatic carbocycles. The molecule has 2 atom stereocenters. The van der Waals surface area contributed by atoms with E-state index in [2.05, 4.69) is 13.8 Å². The fraction of sp³-hybridized carbons (Fsp3) is 1.00. The van der Waals surface area contributed by atoms with Crippen LogP contribution in [0.15, 0.2) is 0 Å². The van der Waals surface area contributed by atoms with Gasteiger partial charge in [0.05, 0.1) is 0 Å². The number of hydrogen-bond acceptors (Lipinski definition) is 2. The summed E-state index contributed by atoms with van der Waals surface area (Å²) in [6.07, 6.45) is 5.38. The van der Waals surface area contributed by atoms with Crippen molar-refractivity contribution in [2.75, 3.05) is 13.2 Å². The summed E-state index contributed by atoms with van der Waals surface area (Å²) in [5.74, 6) is 0.794. The molecule has 2 N–H and O–H groups in total. The fourth-order valence-electron chi connectivity index (χ4n) is 1.86. The highest BCUT2D eigenvalue weighted by molar-refractivity contribution is 4.64. The van der Waals surface area contributed by atoms with E-state index in [9.17, 15) is 0 Å². The zero-order valence-corrected chi connectivity index (χ0v) is 9.00. The van der Waals surface area contributed by atoms with Gasteiger partial charge in [-0.25, -0.2) is 0 Å². The second kappa shape index (κ2) is 8.52. The molecule has 0 spiro atoms. The van der Waals surface area contributed by atoms with Gasteiger partial charge in [-0.2, -0.15) is 0 Å². The van der Waals surface area contributed by atoms with Crippen molar-refractivity contribution in [2.45, 2.75) is 46.0 Å². The molecular weight excluding hydrogens is 164 g/mol. The average molecular weight is 188 g/mol. The molecule has 0 aliphatic rings. The first-order valence-electron chi connectivity index (χ1n) is 5.50. The molecule has 0 aromatic rings. The van der Waals surface area contributed by atoms with Gasteiger partial charge in [-0.1, -0.05) is 26.7 Å². The van der Waals surface area contributed by atoms with Crippen LogP contribution in [0.25, 0.3) is 0 Å². The van der Waals surface area contributed by atoms with Crippen molar-refractivity contribution in [2.24, 2.45) is 11.8 Å². The minimum Gasteiger partial charge on any atom is -0.396 e. The Bertz CT molecular complexity index is 92.3. The van der Waals surface area contributed by atoms with Gasteiger partial charge in [-0.3, -0.25) is 0 Å². The Morgan fingerprint density at radius 1 is 0.846 bits per heavy atom. The van der Waals surface area contributed by atoms with Crippen molar-refractivity contribution in [1.29, 1.82) is 0 Å². The fourth-order valence-corrected chi connectivity index (χ4v) is 1.86. The lowest BCUT2D eigenvalue weighted by molar-refractivity contribution is 0.150. The van der Waals surface area contributed by atoms with Crippen LogP contribution in [0.1, 0.15) is 46.0 Å². The molecule has 2 unspecified atom stereocenters. The van der Waals surface area contributed by atoms with E-state index in [1.165, 1.54) is 0 Å². The highest BCUT2D eigenvalue weighted by Gasteiger charge is 2.13. The third-order valence-electron chi connectivity index (χ3n) is 2.58. The van der Waals surface area contributed by atoms with Crippen LogP contribution in [0.3, 0.4) is 0 Å². The third-order valence-corrected chi connectivity index (χ3v) is 2.58. The third kappa shape index (κ3) is 6.05. The lowest BCUT2D eigenvalue weighted by Gasteiger charge is -2.19. The lowest BCUT2D eigenvalue weighted by Crippen LogP contribution is -2.15. The van der Waals surface area contributed by atoms with Crippen molar-refractivity contribution in [1.82, 2.24) is 0 Å². The van der Waals surface area contributed by atoms with Crippen LogP contribution in [0, 0.1) is 11.8 Å². The number of aliphatic hydroxyl groups excluding tert-OH is 2. The molecule has 0 rings (SSSR count). The van der Waals surface area contributed by atoms with E-state index in [1.54, 1.807) is 0 Å². The molecule has 2 heteroatoms. The predicted octanol–water partition coefficient (Wildman–Crippen LogP) is 2.19. The largest absolute Gasteiger partial charge is 0.396 e. The molecule has 0 aromatic carbocycles. The maximum absolute atomic E-state index is 9.09. The quantitative estimate of drug-likeness (QED) is 0.613. The Balaban J connectivity index is 3.73. The average Bonchev–Trinajstić information content (AvgIpc) is 2.16. The van der Waals surface area contributed by atoms with Gasteiger partial charge in [-0.15, -0.1) is 0 Å². The van der Waals surface area contributed by atoms with Crippen LogP contribution in [0.2, 0.25) is 0 Å². The van der Waals surface area contributed by atoms with Gasteiger partial charge in [0.2, 0.25) is 0 Å². The summed E-state index contributed by atoms with van der Waals surface area (Å²) in [5, 5.41) is 18.2. The van der Waals surface area contributed by atoms with E-state index in [-0.39, 0.29) is 13.2 Å². The van der Waals surface area contributed by atoms with Gasteiger partial charge in [0.25, 0.3) is 0 Å². The maximum atomic E-state index is 9.09. The number of rotatable bonds is 8. The van der Waals surface area contributed by atoms with E-state index in [4.69, 9.17) is 10.2 Å².